The van der Waals surface area contributed by atoms with Crippen molar-refractivity contribution in [1.29, 1.82) is 0 Å². The summed E-state index contributed by atoms with van der Waals surface area (Å²) in [6, 6.07) is 10.8. The van der Waals surface area contributed by atoms with Crippen LogP contribution in [0.15, 0.2) is 58.5 Å². The minimum absolute atomic E-state index is 0.000268. The summed E-state index contributed by atoms with van der Waals surface area (Å²) < 4.78 is 54.5. The van der Waals surface area contributed by atoms with Crippen LogP contribution < -0.4 is 10.7 Å². The number of sulfonamides is 1. The lowest BCUT2D eigenvalue weighted by atomic mass is 10.1. The van der Waals surface area contributed by atoms with Crippen molar-refractivity contribution in [3.05, 3.63) is 60.2 Å². The molecule has 174 valence electrons. The summed E-state index contributed by atoms with van der Waals surface area (Å²) in [5, 5.41) is 5.70. The fraction of sp³-hybridized carbons (Fsp3) is 0.286. The summed E-state index contributed by atoms with van der Waals surface area (Å²) in [7, 11) is -4.41. The van der Waals surface area contributed by atoms with E-state index in [4.69, 9.17) is 5.73 Å². The molecule has 2 aromatic carbocycles. The number of anilines is 1. The minimum Gasteiger partial charge on any atom is -0.368 e. The lowest BCUT2D eigenvalue weighted by Gasteiger charge is -2.34. The van der Waals surface area contributed by atoms with Crippen LogP contribution in [0.3, 0.4) is 0 Å². The molecule has 2 amide bonds. The summed E-state index contributed by atoms with van der Waals surface area (Å²) in [6.45, 7) is -0.285. The molecule has 2 aliphatic rings. The normalized spacial score (nSPS) is 19.5. The third kappa shape index (κ3) is 4.31. The molecular weight excluding hydrogens is 456 g/mol. The highest BCUT2D eigenvalue weighted by Gasteiger charge is 2.39. The topological polar surface area (TPSA) is 116 Å². The van der Waals surface area contributed by atoms with Gasteiger partial charge in [0.25, 0.3) is 5.91 Å². The van der Waals surface area contributed by atoms with E-state index in [0.717, 1.165) is 22.5 Å². The molecule has 0 radical (unpaired) electrons. The number of hydrogen-bond acceptors (Lipinski definition) is 6. The second kappa shape index (κ2) is 8.87. The molecule has 1 atom stereocenters. The van der Waals surface area contributed by atoms with E-state index < -0.39 is 44.4 Å². The van der Waals surface area contributed by atoms with Crippen LogP contribution in [0.25, 0.3) is 0 Å². The zero-order chi connectivity index (χ0) is 23.8. The van der Waals surface area contributed by atoms with E-state index in [1.165, 1.54) is 9.91 Å². The van der Waals surface area contributed by atoms with Gasteiger partial charge in [-0.1, -0.05) is 24.3 Å². The number of halogens is 2. The maximum Gasteiger partial charge on any atom is 0.270 e. The first-order chi connectivity index (χ1) is 15.7. The van der Waals surface area contributed by atoms with Gasteiger partial charge < -0.3 is 10.6 Å². The van der Waals surface area contributed by atoms with Crippen molar-refractivity contribution in [3.63, 3.8) is 0 Å². The van der Waals surface area contributed by atoms with Gasteiger partial charge in [-0.05, 0) is 24.3 Å². The number of primary amides is 1. The van der Waals surface area contributed by atoms with Crippen LogP contribution in [0.1, 0.15) is 6.42 Å². The maximum atomic E-state index is 14.0. The Morgan fingerprint density at radius 2 is 1.55 bits per heavy atom. The molecule has 9 nitrogen and oxygen atoms in total. The molecule has 2 aliphatic heterocycles. The highest BCUT2D eigenvalue weighted by atomic mass is 32.2. The molecule has 2 heterocycles. The van der Waals surface area contributed by atoms with E-state index in [2.05, 4.69) is 5.10 Å². The Morgan fingerprint density at radius 3 is 2.12 bits per heavy atom. The van der Waals surface area contributed by atoms with Crippen molar-refractivity contribution >= 4 is 33.2 Å². The highest BCUT2D eigenvalue weighted by Crippen LogP contribution is 2.26. The number of nitrogens with zero attached hydrogens (tertiary/aromatic N) is 4. The summed E-state index contributed by atoms with van der Waals surface area (Å²) in [5.41, 5.74) is 6.23. The third-order valence-electron chi connectivity index (χ3n) is 5.55. The second-order valence-electron chi connectivity index (χ2n) is 7.60. The van der Waals surface area contributed by atoms with Crippen LogP contribution in [0.4, 0.5) is 14.5 Å². The monoisotopic (exact) mass is 477 g/mol. The average molecular weight is 477 g/mol. The van der Waals surface area contributed by atoms with Gasteiger partial charge in [-0.2, -0.15) is 9.41 Å². The quantitative estimate of drug-likeness (QED) is 0.688. The number of hydrazone groups is 1. The van der Waals surface area contributed by atoms with Crippen LogP contribution in [0, 0.1) is 11.6 Å². The molecule has 12 heteroatoms. The first kappa shape index (κ1) is 22.8. The highest BCUT2D eigenvalue weighted by molar-refractivity contribution is 7.89. The smallest absolute Gasteiger partial charge is 0.270 e. The van der Waals surface area contributed by atoms with Gasteiger partial charge in [0.2, 0.25) is 15.9 Å². The Bertz CT molecular complexity index is 1190. The van der Waals surface area contributed by atoms with Crippen molar-refractivity contribution in [1.82, 2.24) is 9.21 Å². The van der Waals surface area contributed by atoms with Gasteiger partial charge in [-0.25, -0.2) is 17.2 Å². The van der Waals surface area contributed by atoms with E-state index in [9.17, 15) is 26.8 Å². The third-order valence-corrected chi connectivity index (χ3v) is 7.50. The number of amides is 2. The summed E-state index contributed by atoms with van der Waals surface area (Å²) >= 11 is 0. The number of carbonyl (C=O) groups excluding carboxylic acids is 2. The Hall–Kier alpha value is -3.38. The maximum absolute atomic E-state index is 14.0. The summed E-state index contributed by atoms with van der Waals surface area (Å²) in [4.78, 5) is 25.3. The predicted molar refractivity (Wildman–Crippen MR) is 116 cm³/mol. The van der Waals surface area contributed by atoms with Crippen molar-refractivity contribution in [2.24, 2.45) is 10.8 Å². The van der Waals surface area contributed by atoms with Gasteiger partial charge in [0.15, 0.2) is 4.90 Å². The Labute approximate surface area is 189 Å². The van der Waals surface area contributed by atoms with Crippen molar-refractivity contribution in [2.75, 3.05) is 31.2 Å². The number of rotatable bonds is 5. The molecule has 1 saturated heterocycles. The van der Waals surface area contributed by atoms with E-state index >= 15 is 0 Å². The first-order valence-electron chi connectivity index (χ1n) is 10.1. The number of nitrogens with two attached hydrogens (primary N) is 1. The number of piperazine rings is 1. The van der Waals surface area contributed by atoms with Crippen LogP contribution in [-0.4, -0.2) is 67.4 Å². The molecule has 1 fully saturated rings. The lowest BCUT2D eigenvalue weighted by Crippen LogP contribution is -2.52. The largest absolute Gasteiger partial charge is 0.368 e. The first-order valence-corrected chi connectivity index (χ1v) is 11.6. The zero-order valence-electron chi connectivity index (χ0n) is 17.4. The fourth-order valence-corrected chi connectivity index (χ4v) is 5.38. The van der Waals surface area contributed by atoms with Crippen molar-refractivity contribution in [2.45, 2.75) is 17.4 Å². The van der Waals surface area contributed by atoms with Gasteiger partial charge in [-0.3, -0.25) is 14.6 Å². The molecule has 0 spiro atoms. The summed E-state index contributed by atoms with van der Waals surface area (Å²) in [6.07, 6.45) is 0.0159. The van der Waals surface area contributed by atoms with Crippen molar-refractivity contribution < 1.29 is 26.8 Å². The number of benzene rings is 2. The molecule has 2 aromatic rings. The van der Waals surface area contributed by atoms with Gasteiger partial charge in [0, 0.05) is 32.6 Å². The molecule has 1 unspecified atom stereocenters. The average Bonchev–Trinajstić information content (AvgIpc) is 3.25. The molecular formula is C21H21F2N5O4S. The van der Waals surface area contributed by atoms with E-state index in [1.54, 1.807) is 30.3 Å². The standard InChI is InChI=1S/C21H21F2N5O4S/c22-15-7-4-8-16(23)19(15)33(31,32)27-11-9-26(10-12-27)21(30)17-13-18(20(24)29)28(25-17)14-5-2-1-3-6-14/h1-8,18H,9-13H2,(H2,24,29). The molecule has 0 bridgehead atoms. The van der Waals surface area contributed by atoms with Crippen LogP contribution in [-0.2, 0) is 19.6 Å². The van der Waals surface area contributed by atoms with Gasteiger partial charge in [-0.15, -0.1) is 0 Å². The zero-order valence-corrected chi connectivity index (χ0v) is 18.2. The van der Waals surface area contributed by atoms with Crippen LogP contribution in [0.5, 0.6) is 0 Å². The van der Waals surface area contributed by atoms with E-state index in [1.807, 2.05) is 0 Å². The molecule has 0 saturated carbocycles. The van der Waals surface area contributed by atoms with E-state index in [-0.39, 0.29) is 38.3 Å². The molecule has 4 rings (SSSR count). The van der Waals surface area contributed by atoms with Gasteiger partial charge >= 0.3 is 0 Å². The lowest BCUT2D eigenvalue weighted by molar-refractivity contribution is -0.125. The number of carbonyl (C=O) groups is 2. The van der Waals surface area contributed by atoms with E-state index in [0.29, 0.717) is 5.69 Å². The Kier molecular flexibility index (Phi) is 6.13. The molecule has 0 aromatic heterocycles. The Balaban J connectivity index is 1.48. The molecule has 2 N–H and O–H groups in total. The summed E-state index contributed by atoms with van der Waals surface area (Å²) in [5.74, 6) is -3.43. The fourth-order valence-electron chi connectivity index (χ4n) is 3.85. The van der Waals surface area contributed by atoms with Crippen molar-refractivity contribution in [3.8, 4) is 0 Å². The minimum atomic E-state index is -4.41. The number of para-hydroxylation sites is 1. The number of hydrogen-bond donors (Lipinski definition) is 1. The van der Waals surface area contributed by atoms with Gasteiger partial charge in [0.1, 0.15) is 23.4 Å². The second-order valence-corrected chi connectivity index (χ2v) is 9.47. The SMILES string of the molecule is NC(=O)C1CC(C(=O)N2CCN(S(=O)(=O)c3c(F)cccc3F)CC2)=NN1c1ccccc1. The van der Waals surface area contributed by atoms with Gasteiger partial charge in [0.05, 0.1) is 5.69 Å². The van der Waals surface area contributed by atoms with Crippen LogP contribution >= 0.6 is 0 Å². The molecule has 33 heavy (non-hydrogen) atoms. The Morgan fingerprint density at radius 1 is 0.939 bits per heavy atom. The van der Waals surface area contributed by atoms with Crippen LogP contribution in [0.2, 0.25) is 0 Å². The molecule has 0 aliphatic carbocycles. The predicted octanol–water partition coefficient (Wildman–Crippen LogP) is 0.918.